The number of aryl methyl sites for hydroxylation is 1. The Labute approximate surface area is 167 Å². The van der Waals surface area contributed by atoms with Crippen LogP contribution in [0.3, 0.4) is 0 Å². The first-order valence-electron chi connectivity index (χ1n) is 9.50. The van der Waals surface area contributed by atoms with Crippen molar-refractivity contribution in [2.75, 3.05) is 13.2 Å². The van der Waals surface area contributed by atoms with Crippen LogP contribution in [-0.2, 0) is 11.3 Å². The van der Waals surface area contributed by atoms with Gasteiger partial charge in [0.1, 0.15) is 11.5 Å². The summed E-state index contributed by atoms with van der Waals surface area (Å²) >= 11 is 0. The molecule has 0 aliphatic heterocycles. The number of ether oxygens (including phenoxy) is 1. The quantitative estimate of drug-likeness (QED) is 0.623. The summed E-state index contributed by atoms with van der Waals surface area (Å²) in [4.78, 5) is 49.4. The maximum Gasteiger partial charge on any atom is 0.340 e. The topological polar surface area (TPSA) is 108 Å². The van der Waals surface area contributed by atoms with E-state index in [0.717, 1.165) is 0 Å². The molecule has 3 aromatic rings. The van der Waals surface area contributed by atoms with Gasteiger partial charge in [0.05, 0.1) is 29.6 Å². The lowest BCUT2D eigenvalue weighted by Crippen LogP contribution is -2.32. The Kier molecular flexibility index (Phi) is 5.81. The predicted molar refractivity (Wildman–Crippen MR) is 109 cm³/mol. The molecular formula is C21H24N4O4. The highest BCUT2D eigenvalue weighted by atomic mass is 16.5. The van der Waals surface area contributed by atoms with E-state index in [4.69, 9.17) is 4.74 Å². The first-order chi connectivity index (χ1) is 13.9. The van der Waals surface area contributed by atoms with E-state index < -0.39 is 5.97 Å². The maximum atomic E-state index is 13.1. The summed E-state index contributed by atoms with van der Waals surface area (Å²) in [6.07, 6.45) is 0. The lowest BCUT2D eigenvalue weighted by atomic mass is 10.1. The summed E-state index contributed by atoms with van der Waals surface area (Å²) in [7, 11) is 0. The smallest absolute Gasteiger partial charge is 0.340 e. The molecule has 0 bridgehead atoms. The van der Waals surface area contributed by atoms with E-state index in [1.54, 1.807) is 43.9 Å². The number of hydrogen-bond donors (Lipinski definition) is 2. The van der Waals surface area contributed by atoms with Gasteiger partial charge in [0, 0.05) is 12.2 Å². The van der Waals surface area contributed by atoms with Crippen molar-refractivity contribution in [2.45, 2.75) is 34.2 Å². The van der Waals surface area contributed by atoms with Gasteiger partial charge in [-0.05, 0) is 45.4 Å². The second-order valence-corrected chi connectivity index (χ2v) is 6.69. The number of amides is 1. The number of esters is 1. The van der Waals surface area contributed by atoms with Gasteiger partial charge in [0.25, 0.3) is 11.5 Å². The van der Waals surface area contributed by atoms with Gasteiger partial charge in [-0.1, -0.05) is 12.1 Å². The van der Waals surface area contributed by atoms with Gasteiger partial charge in [-0.3, -0.25) is 9.59 Å². The fourth-order valence-electron chi connectivity index (χ4n) is 3.35. The third-order valence-corrected chi connectivity index (χ3v) is 4.80. The van der Waals surface area contributed by atoms with Gasteiger partial charge in [-0.2, -0.15) is 0 Å². The van der Waals surface area contributed by atoms with E-state index in [-0.39, 0.29) is 24.6 Å². The van der Waals surface area contributed by atoms with Gasteiger partial charge in [-0.15, -0.1) is 0 Å². The number of fused-ring (bicyclic) bond motifs is 1. The number of nitrogens with one attached hydrogen (secondary N) is 2. The number of hydrogen-bond acceptors (Lipinski definition) is 5. The molecule has 0 aliphatic rings. The molecule has 0 saturated carbocycles. The van der Waals surface area contributed by atoms with Crippen LogP contribution >= 0.6 is 0 Å². The summed E-state index contributed by atoms with van der Waals surface area (Å²) < 4.78 is 5.09. The van der Waals surface area contributed by atoms with E-state index in [0.29, 0.717) is 45.8 Å². The van der Waals surface area contributed by atoms with Crippen molar-refractivity contribution in [3.63, 3.8) is 0 Å². The van der Waals surface area contributed by atoms with E-state index >= 15 is 0 Å². The van der Waals surface area contributed by atoms with Gasteiger partial charge >= 0.3 is 5.97 Å². The number of aromatic nitrogens is 3. The molecule has 0 saturated heterocycles. The van der Waals surface area contributed by atoms with Crippen LogP contribution in [0.1, 0.15) is 51.8 Å². The molecule has 1 amide bonds. The Morgan fingerprint density at radius 1 is 1.14 bits per heavy atom. The molecule has 1 aromatic carbocycles. The molecule has 8 heteroatoms. The highest BCUT2D eigenvalue weighted by molar-refractivity contribution is 6.00. The largest absolute Gasteiger partial charge is 0.462 e. The van der Waals surface area contributed by atoms with Crippen LogP contribution in [0.15, 0.2) is 29.1 Å². The summed E-state index contributed by atoms with van der Waals surface area (Å²) in [5.74, 6) is -0.337. The molecule has 8 nitrogen and oxygen atoms in total. The molecule has 0 radical (unpaired) electrons. The molecule has 2 heterocycles. The minimum Gasteiger partial charge on any atom is -0.462 e. The lowest BCUT2D eigenvalue weighted by Gasteiger charge is -2.20. The monoisotopic (exact) mass is 396 g/mol. The zero-order valence-electron chi connectivity index (χ0n) is 17.0. The van der Waals surface area contributed by atoms with Crippen LogP contribution in [0.25, 0.3) is 10.9 Å². The molecule has 29 heavy (non-hydrogen) atoms. The first kappa shape index (κ1) is 20.3. The number of aromatic amines is 2. The van der Waals surface area contributed by atoms with Gasteiger partial charge in [-0.25, -0.2) is 9.78 Å². The average Bonchev–Trinajstić information content (AvgIpc) is 3.00. The number of carbonyl (C=O) groups excluding carboxylic acids is 2. The molecule has 3 rings (SSSR count). The van der Waals surface area contributed by atoms with Crippen molar-refractivity contribution >= 4 is 22.8 Å². The van der Waals surface area contributed by atoms with Crippen LogP contribution in [-0.4, -0.2) is 44.9 Å². The minimum absolute atomic E-state index is 0.141. The SMILES string of the molecule is CCOC(=O)c1c(C)[nH]c(C(=O)N(CC)Cc2nc3ccccc3c(=O)[nH]2)c1C. The zero-order valence-corrected chi connectivity index (χ0v) is 17.0. The molecule has 0 unspecified atom stereocenters. The first-order valence-corrected chi connectivity index (χ1v) is 9.50. The van der Waals surface area contributed by atoms with Gasteiger partial charge in [0.2, 0.25) is 0 Å². The third kappa shape index (κ3) is 3.91. The minimum atomic E-state index is -0.457. The normalized spacial score (nSPS) is 10.9. The second kappa shape index (κ2) is 8.30. The summed E-state index contributed by atoms with van der Waals surface area (Å²) in [5, 5.41) is 0.501. The van der Waals surface area contributed by atoms with Gasteiger partial charge < -0.3 is 19.6 Å². The Morgan fingerprint density at radius 2 is 1.86 bits per heavy atom. The summed E-state index contributed by atoms with van der Waals surface area (Å²) in [6.45, 7) is 7.82. The Hall–Kier alpha value is -3.42. The lowest BCUT2D eigenvalue weighted by molar-refractivity contribution is 0.0525. The average molecular weight is 396 g/mol. The Bertz CT molecular complexity index is 1130. The van der Waals surface area contributed by atoms with Crippen LogP contribution in [0.4, 0.5) is 0 Å². The number of carbonyl (C=O) groups is 2. The fraction of sp³-hybridized carbons (Fsp3) is 0.333. The van der Waals surface area contributed by atoms with Crippen LogP contribution in [0.2, 0.25) is 0 Å². The van der Waals surface area contributed by atoms with Gasteiger partial charge in [0.15, 0.2) is 0 Å². The summed E-state index contributed by atoms with van der Waals surface area (Å²) in [6, 6.07) is 7.05. The standard InChI is InChI=1S/C21H24N4O4/c1-5-25(11-16-23-15-10-8-7-9-14(15)19(26)24-16)20(27)18-12(3)17(13(4)22-18)21(28)29-6-2/h7-10,22H,5-6,11H2,1-4H3,(H,23,24,26). The van der Waals surface area contributed by atoms with Crippen molar-refractivity contribution in [1.82, 2.24) is 19.9 Å². The molecule has 2 N–H and O–H groups in total. The summed E-state index contributed by atoms with van der Waals surface area (Å²) in [5.41, 5.74) is 2.16. The Morgan fingerprint density at radius 3 is 2.55 bits per heavy atom. The molecule has 152 valence electrons. The van der Waals surface area contributed by atoms with Crippen molar-refractivity contribution in [2.24, 2.45) is 0 Å². The second-order valence-electron chi connectivity index (χ2n) is 6.69. The molecule has 0 fully saturated rings. The number of H-pyrrole nitrogens is 2. The fourth-order valence-corrected chi connectivity index (χ4v) is 3.35. The molecule has 0 spiro atoms. The predicted octanol–water partition coefficient (Wildman–Crippen LogP) is 2.71. The number of benzene rings is 1. The highest BCUT2D eigenvalue weighted by Gasteiger charge is 2.26. The molecule has 0 aliphatic carbocycles. The van der Waals surface area contributed by atoms with Crippen LogP contribution < -0.4 is 5.56 Å². The highest BCUT2D eigenvalue weighted by Crippen LogP contribution is 2.21. The van der Waals surface area contributed by atoms with E-state index in [9.17, 15) is 14.4 Å². The van der Waals surface area contributed by atoms with Crippen molar-refractivity contribution in [3.05, 3.63) is 63.0 Å². The molecular weight excluding hydrogens is 372 g/mol. The van der Waals surface area contributed by atoms with Crippen molar-refractivity contribution in [3.8, 4) is 0 Å². The maximum absolute atomic E-state index is 13.1. The van der Waals surface area contributed by atoms with Crippen molar-refractivity contribution < 1.29 is 14.3 Å². The van der Waals surface area contributed by atoms with Crippen molar-refractivity contribution in [1.29, 1.82) is 0 Å². The number of rotatable bonds is 6. The van der Waals surface area contributed by atoms with E-state index in [1.165, 1.54) is 0 Å². The molecule has 0 atom stereocenters. The van der Waals surface area contributed by atoms with E-state index in [2.05, 4.69) is 15.0 Å². The van der Waals surface area contributed by atoms with Crippen LogP contribution in [0.5, 0.6) is 0 Å². The third-order valence-electron chi connectivity index (χ3n) is 4.80. The molecule has 2 aromatic heterocycles. The number of para-hydroxylation sites is 1. The Balaban J connectivity index is 1.91. The van der Waals surface area contributed by atoms with E-state index in [1.807, 2.05) is 13.0 Å². The van der Waals surface area contributed by atoms with Crippen LogP contribution in [0, 0.1) is 13.8 Å². The zero-order chi connectivity index (χ0) is 21.1. The number of nitrogens with zero attached hydrogens (tertiary/aromatic N) is 2.